The molecule has 1 saturated heterocycles. The molecular weight excluding hydrogens is 292 g/mol. The lowest BCUT2D eigenvalue weighted by Crippen LogP contribution is -2.55. The average Bonchev–Trinajstić information content (AvgIpc) is 2.32. The van der Waals surface area contributed by atoms with E-state index in [2.05, 4.69) is 34.6 Å². The van der Waals surface area contributed by atoms with Gasteiger partial charge in [0.1, 0.15) is 0 Å². The summed E-state index contributed by atoms with van der Waals surface area (Å²) in [4.78, 5) is 11.4. The third-order valence-corrected chi connectivity index (χ3v) is 4.73. The summed E-state index contributed by atoms with van der Waals surface area (Å²) < 4.78 is 11.8. The van der Waals surface area contributed by atoms with E-state index in [1.165, 1.54) is 6.92 Å². The van der Waals surface area contributed by atoms with E-state index >= 15 is 0 Å². The normalized spacial score (nSPS) is 30.0. The van der Waals surface area contributed by atoms with Gasteiger partial charge in [0.15, 0.2) is 6.10 Å². The molecule has 0 aliphatic carbocycles. The van der Waals surface area contributed by atoms with Crippen molar-refractivity contribution in [2.75, 3.05) is 0 Å². The van der Waals surface area contributed by atoms with Gasteiger partial charge in [-0.2, -0.15) is 0 Å². The first-order valence-corrected chi connectivity index (χ1v) is 8.50. The van der Waals surface area contributed by atoms with Crippen LogP contribution >= 0.6 is 0 Å². The van der Waals surface area contributed by atoms with Crippen LogP contribution in [0.1, 0.15) is 69.2 Å². The van der Waals surface area contributed by atoms with Crippen molar-refractivity contribution in [2.24, 2.45) is 23.7 Å². The van der Waals surface area contributed by atoms with E-state index < -0.39 is 11.7 Å². The molecule has 0 amide bonds. The Morgan fingerprint density at radius 3 is 2.09 bits per heavy atom. The number of carbonyl (C=O) groups excluding carboxylic acids is 1. The lowest BCUT2D eigenvalue weighted by Gasteiger charge is -2.48. The summed E-state index contributed by atoms with van der Waals surface area (Å²) in [7, 11) is 0. The minimum Gasteiger partial charge on any atom is -0.457 e. The molecule has 0 aromatic heterocycles. The topological polar surface area (TPSA) is 55.8 Å². The van der Waals surface area contributed by atoms with Crippen LogP contribution in [0.25, 0.3) is 0 Å². The summed E-state index contributed by atoms with van der Waals surface area (Å²) >= 11 is 0. The number of carbonyl (C=O) groups is 1. The molecule has 5 atom stereocenters. The van der Waals surface area contributed by atoms with Crippen LogP contribution in [0, 0.1) is 23.7 Å². The monoisotopic (exact) mass is 330 g/mol. The van der Waals surface area contributed by atoms with Gasteiger partial charge in [-0.3, -0.25) is 4.79 Å². The summed E-state index contributed by atoms with van der Waals surface area (Å²) in [6, 6.07) is 0. The molecule has 1 rings (SSSR count). The van der Waals surface area contributed by atoms with Crippen molar-refractivity contribution < 1.29 is 19.4 Å². The predicted molar refractivity (Wildman–Crippen MR) is 94.2 cm³/mol. The third kappa shape index (κ3) is 5.75. The molecule has 3 unspecified atom stereocenters. The average molecular weight is 331 g/mol. The Labute approximate surface area is 142 Å². The fourth-order valence-electron chi connectivity index (χ4n) is 3.88. The highest BCUT2D eigenvalue weighted by molar-refractivity contribution is 5.66. The molecule has 0 saturated carbocycles. The van der Waals surface area contributed by atoms with E-state index in [0.717, 1.165) is 6.42 Å². The molecule has 0 radical (unpaired) electrons. The van der Waals surface area contributed by atoms with Gasteiger partial charge in [0.05, 0.1) is 17.8 Å². The second kappa shape index (κ2) is 8.48. The van der Waals surface area contributed by atoms with Crippen LogP contribution in [0.4, 0.5) is 0 Å². The van der Waals surface area contributed by atoms with Crippen LogP contribution in [0.3, 0.4) is 0 Å². The minimum atomic E-state index is -1.12. The molecule has 1 N–H and O–H groups in total. The Balaban J connectivity index is 0.00000484. The van der Waals surface area contributed by atoms with Gasteiger partial charge in [0.25, 0.3) is 0 Å². The molecule has 1 aliphatic heterocycles. The first kappa shape index (κ1) is 22.4. The lowest BCUT2D eigenvalue weighted by molar-refractivity contribution is -0.216. The molecule has 0 aromatic carbocycles. The molecule has 4 heteroatoms. The SMILES string of the molecule is C.CC(=O)O[C@@H](C1C[C@@H](C)C(C(C)C)C(C(C)C)O1)C(C)(C)O. The molecule has 138 valence electrons. The Morgan fingerprint density at radius 2 is 1.74 bits per heavy atom. The molecule has 0 spiro atoms. The van der Waals surface area contributed by atoms with Crippen LogP contribution in [-0.2, 0) is 14.3 Å². The minimum absolute atomic E-state index is 0. The summed E-state index contributed by atoms with van der Waals surface area (Å²) in [5.74, 6) is 1.49. The Morgan fingerprint density at radius 1 is 1.22 bits per heavy atom. The number of rotatable bonds is 5. The van der Waals surface area contributed by atoms with Crippen molar-refractivity contribution >= 4 is 5.97 Å². The van der Waals surface area contributed by atoms with E-state index in [1.807, 2.05) is 0 Å². The van der Waals surface area contributed by atoms with E-state index in [4.69, 9.17) is 9.47 Å². The maximum absolute atomic E-state index is 11.4. The predicted octanol–water partition coefficient (Wildman–Crippen LogP) is 4.05. The number of ether oxygens (including phenoxy) is 2. The van der Waals surface area contributed by atoms with Gasteiger partial charge in [-0.05, 0) is 43.9 Å². The van der Waals surface area contributed by atoms with Crippen molar-refractivity contribution in [2.45, 2.75) is 93.2 Å². The van der Waals surface area contributed by atoms with Gasteiger partial charge in [-0.15, -0.1) is 0 Å². The Hall–Kier alpha value is -0.610. The molecule has 1 fully saturated rings. The lowest BCUT2D eigenvalue weighted by atomic mass is 9.71. The van der Waals surface area contributed by atoms with Crippen LogP contribution < -0.4 is 0 Å². The number of hydrogen-bond donors (Lipinski definition) is 1. The van der Waals surface area contributed by atoms with E-state index in [0.29, 0.717) is 23.7 Å². The highest BCUT2D eigenvalue weighted by atomic mass is 16.6. The summed E-state index contributed by atoms with van der Waals surface area (Å²) in [6.07, 6.45) is 0.0193. The summed E-state index contributed by atoms with van der Waals surface area (Å²) in [5, 5.41) is 10.4. The van der Waals surface area contributed by atoms with E-state index in [-0.39, 0.29) is 25.6 Å². The van der Waals surface area contributed by atoms with Crippen LogP contribution in [0.15, 0.2) is 0 Å². The second-order valence-electron chi connectivity index (χ2n) is 8.10. The highest BCUT2D eigenvalue weighted by Crippen LogP contribution is 2.41. The van der Waals surface area contributed by atoms with Crippen molar-refractivity contribution in [1.82, 2.24) is 0 Å². The van der Waals surface area contributed by atoms with Crippen molar-refractivity contribution in [3.63, 3.8) is 0 Å². The smallest absolute Gasteiger partial charge is 0.303 e. The highest BCUT2D eigenvalue weighted by Gasteiger charge is 2.46. The zero-order chi connectivity index (χ0) is 17.2. The fourth-order valence-corrected chi connectivity index (χ4v) is 3.88. The van der Waals surface area contributed by atoms with Crippen LogP contribution in [0.2, 0.25) is 0 Å². The maximum atomic E-state index is 11.4. The number of aliphatic hydroxyl groups is 1. The second-order valence-corrected chi connectivity index (χ2v) is 8.10. The molecule has 1 aliphatic rings. The first-order valence-electron chi connectivity index (χ1n) is 8.50. The Bertz CT molecular complexity index is 370. The molecule has 0 bridgehead atoms. The largest absolute Gasteiger partial charge is 0.457 e. The Kier molecular flexibility index (Phi) is 8.25. The fraction of sp³-hybridized carbons (Fsp3) is 0.947. The number of esters is 1. The first-order chi connectivity index (χ1) is 9.95. The molecule has 0 aromatic rings. The van der Waals surface area contributed by atoms with Gasteiger partial charge >= 0.3 is 5.97 Å². The zero-order valence-electron chi connectivity index (χ0n) is 15.4. The molecule has 23 heavy (non-hydrogen) atoms. The maximum Gasteiger partial charge on any atom is 0.303 e. The van der Waals surface area contributed by atoms with Gasteiger partial charge < -0.3 is 14.6 Å². The van der Waals surface area contributed by atoms with Gasteiger partial charge in [-0.1, -0.05) is 42.0 Å². The molecule has 1 heterocycles. The van der Waals surface area contributed by atoms with E-state index in [1.54, 1.807) is 13.8 Å². The molecular formula is C19H38O4. The van der Waals surface area contributed by atoms with Crippen molar-refractivity contribution in [3.05, 3.63) is 0 Å². The van der Waals surface area contributed by atoms with Crippen molar-refractivity contribution in [3.8, 4) is 0 Å². The summed E-state index contributed by atoms with van der Waals surface area (Å²) in [6.45, 7) is 15.8. The quantitative estimate of drug-likeness (QED) is 0.773. The van der Waals surface area contributed by atoms with Gasteiger partial charge in [-0.25, -0.2) is 0 Å². The molecule has 4 nitrogen and oxygen atoms in total. The standard InChI is InChI=1S/C18H34O4.CH4/c1-10(2)15-12(5)9-14(22-16(15)11(3)4)17(18(7,8)20)21-13(6)19;/h10-12,14-17,20H,9H2,1-8H3;1H4/t12-,14?,15?,16?,17+;/m1./s1. The van der Waals surface area contributed by atoms with Crippen molar-refractivity contribution in [1.29, 1.82) is 0 Å². The zero-order valence-corrected chi connectivity index (χ0v) is 15.4. The third-order valence-electron chi connectivity index (χ3n) is 4.73. The van der Waals surface area contributed by atoms with Gasteiger partial charge in [0, 0.05) is 6.92 Å². The van der Waals surface area contributed by atoms with E-state index in [9.17, 15) is 9.90 Å². The van der Waals surface area contributed by atoms with Gasteiger partial charge in [0.2, 0.25) is 0 Å². The van der Waals surface area contributed by atoms with Crippen LogP contribution in [0.5, 0.6) is 0 Å². The summed E-state index contributed by atoms with van der Waals surface area (Å²) in [5.41, 5.74) is -1.12. The van der Waals surface area contributed by atoms with Crippen LogP contribution in [-0.4, -0.2) is 35.0 Å². The number of hydrogen-bond acceptors (Lipinski definition) is 4.